The highest BCUT2D eigenvalue weighted by Gasteiger charge is 2.40. The first-order chi connectivity index (χ1) is 7.72. The Bertz CT molecular complexity index is 415. The lowest BCUT2D eigenvalue weighted by atomic mass is 9.95. The average molecular weight is 304 g/mol. The lowest BCUT2D eigenvalue weighted by Gasteiger charge is -2.21. The topological polar surface area (TPSA) is 34.2 Å². The van der Waals surface area contributed by atoms with Gasteiger partial charge in [0.1, 0.15) is 5.82 Å². The Kier molecular flexibility index (Phi) is 2.81. The van der Waals surface area contributed by atoms with Gasteiger partial charge in [0.05, 0.1) is 27.7 Å². The number of fused-ring (bicyclic) bond motifs is 2. The molecule has 2 saturated heterocycles. The third-order valence-corrected chi connectivity index (χ3v) is 4.05. The molecule has 5 heteroatoms. The summed E-state index contributed by atoms with van der Waals surface area (Å²) in [5.74, 6) is 0.852. The molecule has 0 spiro atoms. The van der Waals surface area contributed by atoms with E-state index in [0.717, 1.165) is 23.1 Å². The van der Waals surface area contributed by atoms with Gasteiger partial charge in [-0.3, -0.25) is 0 Å². The van der Waals surface area contributed by atoms with E-state index < -0.39 is 0 Å². The molecule has 3 nitrogen and oxygen atoms in total. The van der Waals surface area contributed by atoms with Crippen LogP contribution in [0, 0.1) is 0 Å². The number of pyridine rings is 1. The molecule has 0 radical (unpaired) electrons. The first-order valence-corrected chi connectivity index (χ1v) is 6.62. The minimum atomic E-state index is 0.356. The molecule has 2 bridgehead atoms. The van der Waals surface area contributed by atoms with E-state index >= 15 is 0 Å². The lowest BCUT2D eigenvalue weighted by Crippen LogP contribution is -2.30. The van der Waals surface area contributed by atoms with Gasteiger partial charge in [-0.15, -0.1) is 0 Å². The van der Waals surface area contributed by atoms with Crippen molar-refractivity contribution in [1.82, 2.24) is 4.98 Å². The molecular formula is C11H12BrClN2O. The molecule has 86 valence electrons. The number of ether oxygens (including phenoxy) is 1. The van der Waals surface area contributed by atoms with Crippen molar-refractivity contribution in [2.24, 2.45) is 0 Å². The van der Waals surface area contributed by atoms with Crippen molar-refractivity contribution in [3.63, 3.8) is 0 Å². The minimum Gasteiger partial charge on any atom is -0.373 e. The molecule has 1 N–H and O–H groups in total. The molecule has 1 aromatic heterocycles. The molecule has 3 rings (SSSR count). The van der Waals surface area contributed by atoms with Gasteiger partial charge in [-0.2, -0.15) is 0 Å². The Morgan fingerprint density at radius 3 is 3.00 bits per heavy atom. The molecule has 2 fully saturated rings. The summed E-state index contributed by atoms with van der Waals surface area (Å²) in [4.78, 5) is 4.28. The van der Waals surface area contributed by atoms with Crippen molar-refractivity contribution in [3.8, 4) is 0 Å². The predicted molar refractivity (Wildman–Crippen MR) is 66.9 cm³/mol. The summed E-state index contributed by atoms with van der Waals surface area (Å²) in [6.45, 7) is 0. The van der Waals surface area contributed by atoms with Gasteiger partial charge in [-0.25, -0.2) is 4.98 Å². The maximum absolute atomic E-state index is 5.85. The quantitative estimate of drug-likeness (QED) is 0.911. The molecule has 0 aromatic carbocycles. The molecule has 2 aliphatic heterocycles. The van der Waals surface area contributed by atoms with Gasteiger partial charge in [0.2, 0.25) is 0 Å². The fourth-order valence-electron chi connectivity index (χ4n) is 2.49. The second kappa shape index (κ2) is 4.17. The van der Waals surface area contributed by atoms with Crippen molar-refractivity contribution in [2.75, 3.05) is 5.32 Å². The van der Waals surface area contributed by atoms with Crippen LogP contribution in [0.5, 0.6) is 0 Å². The Morgan fingerprint density at radius 2 is 2.38 bits per heavy atom. The molecular weight excluding hydrogens is 291 g/mol. The number of halogens is 2. The number of hydrogen-bond donors (Lipinski definition) is 1. The van der Waals surface area contributed by atoms with Crippen molar-refractivity contribution in [3.05, 3.63) is 21.8 Å². The summed E-state index contributed by atoms with van der Waals surface area (Å²) in [6.07, 6.45) is 5.92. The van der Waals surface area contributed by atoms with Crippen LogP contribution >= 0.6 is 27.5 Å². The number of hydrogen-bond acceptors (Lipinski definition) is 3. The van der Waals surface area contributed by atoms with Crippen LogP contribution in [-0.4, -0.2) is 23.2 Å². The van der Waals surface area contributed by atoms with E-state index in [1.807, 2.05) is 6.07 Å². The average Bonchev–Trinajstić information content (AvgIpc) is 2.84. The first-order valence-electron chi connectivity index (χ1n) is 5.45. The highest BCUT2D eigenvalue weighted by molar-refractivity contribution is 9.10. The van der Waals surface area contributed by atoms with E-state index in [4.69, 9.17) is 16.3 Å². The van der Waals surface area contributed by atoms with Gasteiger partial charge in [0.25, 0.3) is 0 Å². The molecule has 16 heavy (non-hydrogen) atoms. The highest BCUT2D eigenvalue weighted by atomic mass is 79.9. The standard InChI is InChI=1S/C11H12BrClN2O/c12-8-3-6(13)5-14-11(8)15-9-4-7-1-2-10(9)16-7/h3,5,7,9-10H,1-2,4H2,(H,14,15). The molecule has 3 heterocycles. The summed E-state index contributed by atoms with van der Waals surface area (Å²) in [7, 11) is 0. The van der Waals surface area contributed by atoms with E-state index in [0.29, 0.717) is 23.3 Å². The largest absolute Gasteiger partial charge is 0.373 e. The Hall–Kier alpha value is -0.320. The maximum atomic E-state index is 5.85. The van der Waals surface area contributed by atoms with E-state index in [1.54, 1.807) is 6.20 Å². The van der Waals surface area contributed by atoms with Crippen LogP contribution in [0.15, 0.2) is 16.7 Å². The third-order valence-electron chi connectivity index (χ3n) is 3.24. The lowest BCUT2D eigenvalue weighted by molar-refractivity contribution is 0.102. The molecule has 0 amide bonds. The third kappa shape index (κ3) is 1.94. The van der Waals surface area contributed by atoms with Crippen LogP contribution in [0.4, 0.5) is 5.82 Å². The van der Waals surface area contributed by atoms with Crippen LogP contribution in [0.25, 0.3) is 0 Å². The fourth-order valence-corrected chi connectivity index (χ4v) is 3.24. The van der Waals surface area contributed by atoms with E-state index in [9.17, 15) is 0 Å². The van der Waals surface area contributed by atoms with Gasteiger partial charge in [-0.1, -0.05) is 11.6 Å². The molecule has 0 aliphatic carbocycles. The summed E-state index contributed by atoms with van der Waals surface area (Å²) in [5.41, 5.74) is 0. The Labute approximate surface area is 108 Å². The number of nitrogens with zero attached hydrogens (tertiary/aromatic N) is 1. The zero-order chi connectivity index (χ0) is 11.1. The fraction of sp³-hybridized carbons (Fsp3) is 0.545. The zero-order valence-electron chi connectivity index (χ0n) is 8.62. The zero-order valence-corrected chi connectivity index (χ0v) is 11.0. The van der Waals surface area contributed by atoms with Crippen LogP contribution < -0.4 is 5.32 Å². The Morgan fingerprint density at radius 1 is 1.50 bits per heavy atom. The van der Waals surface area contributed by atoms with Crippen molar-refractivity contribution in [2.45, 2.75) is 37.5 Å². The number of rotatable bonds is 2. The van der Waals surface area contributed by atoms with Crippen LogP contribution in [0.1, 0.15) is 19.3 Å². The van der Waals surface area contributed by atoms with Crippen LogP contribution in [0.3, 0.4) is 0 Å². The van der Waals surface area contributed by atoms with Crippen molar-refractivity contribution < 1.29 is 4.74 Å². The number of aromatic nitrogens is 1. The first kappa shape index (κ1) is 10.8. The minimum absolute atomic E-state index is 0.356. The van der Waals surface area contributed by atoms with Gasteiger partial charge < -0.3 is 10.1 Å². The van der Waals surface area contributed by atoms with Crippen LogP contribution in [-0.2, 0) is 4.74 Å². The van der Waals surface area contributed by atoms with Crippen molar-refractivity contribution in [1.29, 1.82) is 0 Å². The van der Waals surface area contributed by atoms with Crippen LogP contribution in [0.2, 0.25) is 5.02 Å². The normalized spacial score (nSPS) is 32.0. The molecule has 3 unspecified atom stereocenters. The number of nitrogens with one attached hydrogen (secondary N) is 1. The van der Waals surface area contributed by atoms with Gasteiger partial charge >= 0.3 is 0 Å². The molecule has 2 aliphatic rings. The van der Waals surface area contributed by atoms with E-state index in [-0.39, 0.29) is 0 Å². The van der Waals surface area contributed by atoms with Crippen molar-refractivity contribution >= 4 is 33.3 Å². The van der Waals surface area contributed by atoms with Gasteiger partial charge in [-0.05, 0) is 41.3 Å². The number of anilines is 1. The highest BCUT2D eigenvalue weighted by Crippen LogP contribution is 2.36. The van der Waals surface area contributed by atoms with Gasteiger partial charge in [0, 0.05) is 6.20 Å². The van der Waals surface area contributed by atoms with Gasteiger partial charge in [0.15, 0.2) is 0 Å². The molecule has 0 saturated carbocycles. The van der Waals surface area contributed by atoms with E-state index in [2.05, 4.69) is 26.2 Å². The SMILES string of the molecule is Clc1cnc(NC2CC3CCC2O3)c(Br)c1. The predicted octanol–water partition coefficient (Wildman–Crippen LogP) is 3.23. The summed E-state index contributed by atoms with van der Waals surface area (Å²) >= 11 is 9.31. The summed E-state index contributed by atoms with van der Waals surface area (Å²) in [6, 6.07) is 2.24. The summed E-state index contributed by atoms with van der Waals surface area (Å²) in [5, 5.41) is 4.07. The molecule has 1 aromatic rings. The second-order valence-corrected chi connectivity index (χ2v) is 5.64. The van der Waals surface area contributed by atoms with E-state index in [1.165, 1.54) is 6.42 Å². The summed E-state index contributed by atoms with van der Waals surface area (Å²) < 4.78 is 6.69. The smallest absolute Gasteiger partial charge is 0.140 e. The maximum Gasteiger partial charge on any atom is 0.140 e. The Balaban J connectivity index is 1.74. The molecule has 3 atom stereocenters. The monoisotopic (exact) mass is 302 g/mol. The second-order valence-electron chi connectivity index (χ2n) is 4.34.